The third kappa shape index (κ3) is 4.11. The van der Waals surface area contributed by atoms with Crippen LogP contribution in [0.4, 0.5) is 13.2 Å². The Morgan fingerprint density at radius 3 is 2.67 bits per heavy atom. The van der Waals surface area contributed by atoms with E-state index in [9.17, 15) is 18.0 Å². The van der Waals surface area contributed by atoms with Crippen molar-refractivity contribution in [2.45, 2.75) is 25.6 Å². The van der Waals surface area contributed by atoms with Crippen molar-refractivity contribution in [3.8, 4) is 0 Å². The van der Waals surface area contributed by atoms with E-state index in [1.54, 1.807) is 19.1 Å². The van der Waals surface area contributed by atoms with E-state index in [1.807, 2.05) is 0 Å². The molecule has 0 unspecified atom stereocenters. The average Bonchev–Trinajstić information content (AvgIpc) is 2.91. The lowest BCUT2D eigenvalue weighted by molar-refractivity contribution is -0.137. The van der Waals surface area contributed by atoms with Crippen LogP contribution in [-0.2, 0) is 17.4 Å². The van der Waals surface area contributed by atoms with Crippen molar-refractivity contribution in [3.05, 3.63) is 59.5 Å². The first kappa shape index (κ1) is 15.2. The number of alkyl halides is 3. The summed E-state index contributed by atoms with van der Waals surface area (Å²) in [5.74, 6) is 0.227. The monoisotopic (exact) mass is 297 g/mol. The van der Waals surface area contributed by atoms with Crippen molar-refractivity contribution < 1.29 is 22.4 Å². The molecule has 0 bridgehead atoms. The number of halogens is 3. The number of rotatable bonds is 4. The molecular formula is C15H14F3NO2. The summed E-state index contributed by atoms with van der Waals surface area (Å²) in [4.78, 5) is 11.8. The van der Waals surface area contributed by atoms with Gasteiger partial charge in [0.2, 0.25) is 5.91 Å². The average molecular weight is 297 g/mol. The zero-order valence-corrected chi connectivity index (χ0v) is 11.3. The summed E-state index contributed by atoms with van der Waals surface area (Å²) in [6, 6.07) is 7.83. The first-order valence-electron chi connectivity index (χ1n) is 6.35. The summed E-state index contributed by atoms with van der Waals surface area (Å²) in [6.45, 7) is 1.74. The summed E-state index contributed by atoms with van der Waals surface area (Å²) >= 11 is 0. The number of nitrogens with one attached hydrogen (secondary N) is 1. The molecule has 0 aliphatic rings. The van der Waals surface area contributed by atoms with Gasteiger partial charge < -0.3 is 9.73 Å². The van der Waals surface area contributed by atoms with Gasteiger partial charge in [0.1, 0.15) is 5.76 Å². The fraction of sp³-hybridized carbons (Fsp3) is 0.267. The third-order valence-electron chi connectivity index (χ3n) is 2.97. The van der Waals surface area contributed by atoms with Gasteiger partial charge in [-0.25, -0.2) is 0 Å². The number of carbonyl (C=O) groups is 1. The van der Waals surface area contributed by atoms with E-state index in [0.29, 0.717) is 11.3 Å². The molecule has 21 heavy (non-hydrogen) atoms. The van der Waals surface area contributed by atoms with Gasteiger partial charge in [0.15, 0.2) is 0 Å². The molecule has 3 nitrogen and oxygen atoms in total. The smallest absolute Gasteiger partial charge is 0.416 e. The van der Waals surface area contributed by atoms with Crippen LogP contribution in [0.15, 0.2) is 47.1 Å². The topological polar surface area (TPSA) is 42.2 Å². The molecular weight excluding hydrogens is 283 g/mol. The Morgan fingerprint density at radius 1 is 1.29 bits per heavy atom. The lowest BCUT2D eigenvalue weighted by Gasteiger charge is -2.12. The molecule has 0 fully saturated rings. The van der Waals surface area contributed by atoms with Crippen molar-refractivity contribution in [2.75, 3.05) is 0 Å². The quantitative estimate of drug-likeness (QED) is 0.934. The zero-order valence-electron chi connectivity index (χ0n) is 11.3. The van der Waals surface area contributed by atoms with Crippen molar-refractivity contribution in [2.24, 2.45) is 0 Å². The zero-order chi connectivity index (χ0) is 15.5. The van der Waals surface area contributed by atoms with Gasteiger partial charge >= 0.3 is 6.18 Å². The van der Waals surface area contributed by atoms with Gasteiger partial charge in [-0.3, -0.25) is 4.79 Å². The highest BCUT2D eigenvalue weighted by Crippen LogP contribution is 2.29. The molecule has 1 heterocycles. The van der Waals surface area contributed by atoms with Crippen LogP contribution in [-0.4, -0.2) is 5.91 Å². The van der Waals surface area contributed by atoms with Crippen molar-refractivity contribution in [1.29, 1.82) is 0 Å². The highest BCUT2D eigenvalue weighted by atomic mass is 19.4. The molecule has 0 aliphatic carbocycles. The van der Waals surface area contributed by atoms with Gasteiger partial charge in [0.25, 0.3) is 0 Å². The van der Waals surface area contributed by atoms with Crippen LogP contribution >= 0.6 is 0 Å². The number of amides is 1. The third-order valence-corrected chi connectivity index (χ3v) is 2.97. The summed E-state index contributed by atoms with van der Waals surface area (Å²) in [5, 5.41) is 2.68. The molecule has 2 aromatic rings. The summed E-state index contributed by atoms with van der Waals surface area (Å²) < 4.78 is 42.9. The maximum absolute atomic E-state index is 12.6. The van der Waals surface area contributed by atoms with Crippen LogP contribution < -0.4 is 5.32 Å². The predicted molar refractivity (Wildman–Crippen MR) is 70.4 cm³/mol. The molecule has 0 spiro atoms. The van der Waals surface area contributed by atoms with Gasteiger partial charge in [-0.1, -0.05) is 18.2 Å². The van der Waals surface area contributed by atoms with E-state index in [4.69, 9.17) is 4.42 Å². The van der Waals surface area contributed by atoms with Gasteiger partial charge in [0.05, 0.1) is 24.3 Å². The number of hydrogen-bond acceptors (Lipinski definition) is 2. The molecule has 2 rings (SSSR count). The largest absolute Gasteiger partial charge is 0.467 e. The van der Waals surface area contributed by atoms with Crippen LogP contribution in [0.3, 0.4) is 0 Å². The second-order valence-corrected chi connectivity index (χ2v) is 4.68. The lowest BCUT2D eigenvalue weighted by atomic mass is 10.1. The Kier molecular flexibility index (Phi) is 4.35. The van der Waals surface area contributed by atoms with E-state index in [1.165, 1.54) is 18.4 Å². The molecule has 1 atom stereocenters. The van der Waals surface area contributed by atoms with Crippen LogP contribution in [0, 0.1) is 0 Å². The number of hydrogen-bond donors (Lipinski definition) is 1. The maximum atomic E-state index is 12.6. The van der Waals surface area contributed by atoms with Crippen molar-refractivity contribution in [1.82, 2.24) is 5.32 Å². The minimum Gasteiger partial charge on any atom is -0.467 e. The highest BCUT2D eigenvalue weighted by molar-refractivity contribution is 5.79. The van der Waals surface area contributed by atoms with Crippen LogP contribution in [0.5, 0.6) is 0 Å². The summed E-state index contributed by atoms with van der Waals surface area (Å²) in [6.07, 6.45) is -3.03. The van der Waals surface area contributed by atoms with Crippen molar-refractivity contribution in [3.63, 3.8) is 0 Å². The molecule has 0 saturated carbocycles. The molecule has 6 heteroatoms. The molecule has 0 aliphatic heterocycles. The molecule has 1 aromatic heterocycles. The van der Waals surface area contributed by atoms with Crippen molar-refractivity contribution >= 4 is 5.91 Å². The first-order chi connectivity index (χ1) is 9.86. The highest BCUT2D eigenvalue weighted by Gasteiger charge is 2.30. The van der Waals surface area contributed by atoms with Crippen LogP contribution in [0.1, 0.15) is 29.9 Å². The Balaban J connectivity index is 2.00. The number of benzene rings is 1. The fourth-order valence-corrected chi connectivity index (χ4v) is 1.94. The number of furan rings is 1. The van der Waals surface area contributed by atoms with E-state index in [0.717, 1.165) is 12.1 Å². The Hall–Kier alpha value is -2.24. The summed E-state index contributed by atoms with van der Waals surface area (Å²) in [7, 11) is 0. The maximum Gasteiger partial charge on any atom is 0.416 e. The fourth-order valence-electron chi connectivity index (χ4n) is 1.94. The van der Waals surface area contributed by atoms with E-state index >= 15 is 0 Å². The summed E-state index contributed by atoms with van der Waals surface area (Å²) in [5.41, 5.74) is -0.444. The first-order valence-corrected chi connectivity index (χ1v) is 6.35. The van der Waals surface area contributed by atoms with E-state index in [2.05, 4.69) is 5.32 Å². The van der Waals surface area contributed by atoms with Gasteiger partial charge in [0, 0.05) is 0 Å². The minimum atomic E-state index is -4.41. The molecule has 1 N–H and O–H groups in total. The van der Waals surface area contributed by atoms with Gasteiger partial charge in [-0.05, 0) is 30.7 Å². The lowest BCUT2D eigenvalue weighted by Crippen LogP contribution is -2.27. The molecule has 0 radical (unpaired) electrons. The SMILES string of the molecule is C[C@@H](NC(=O)Cc1cccc(C(F)(F)F)c1)c1ccco1. The Morgan fingerprint density at radius 2 is 2.05 bits per heavy atom. The second-order valence-electron chi connectivity index (χ2n) is 4.68. The molecule has 1 amide bonds. The molecule has 112 valence electrons. The van der Waals surface area contributed by atoms with Crippen LogP contribution in [0.2, 0.25) is 0 Å². The molecule has 1 aromatic carbocycles. The van der Waals surface area contributed by atoms with E-state index in [-0.39, 0.29) is 18.4 Å². The standard InChI is InChI=1S/C15H14F3NO2/c1-10(13-6-3-7-21-13)19-14(20)9-11-4-2-5-12(8-11)15(16,17)18/h2-8,10H,9H2,1H3,(H,19,20)/t10-/m1/s1. The Labute approximate surface area is 119 Å². The second kappa shape index (κ2) is 6.03. The minimum absolute atomic E-state index is 0.116. The molecule has 0 saturated heterocycles. The predicted octanol–water partition coefficient (Wildman–Crippen LogP) is 3.72. The van der Waals surface area contributed by atoms with Crippen LogP contribution in [0.25, 0.3) is 0 Å². The van der Waals surface area contributed by atoms with Gasteiger partial charge in [-0.2, -0.15) is 13.2 Å². The Bertz CT molecular complexity index is 606. The van der Waals surface area contributed by atoms with Gasteiger partial charge in [-0.15, -0.1) is 0 Å². The van der Waals surface area contributed by atoms with E-state index < -0.39 is 11.7 Å². The number of carbonyl (C=O) groups excluding carboxylic acids is 1. The normalized spacial score (nSPS) is 13.0.